The summed E-state index contributed by atoms with van der Waals surface area (Å²) in [5, 5.41) is 7.84. The molecule has 170 valence electrons. The molecule has 0 unspecified atom stereocenters. The van der Waals surface area contributed by atoms with Crippen molar-refractivity contribution in [1.82, 2.24) is 10.6 Å². The lowest BCUT2D eigenvalue weighted by Gasteiger charge is -2.26. The van der Waals surface area contributed by atoms with E-state index in [0.29, 0.717) is 17.1 Å². The molecule has 3 aromatic rings. The molecule has 1 heterocycles. The molecule has 2 N–H and O–H groups in total. The van der Waals surface area contributed by atoms with Crippen LogP contribution in [0.4, 0.5) is 0 Å². The zero-order valence-electron chi connectivity index (χ0n) is 18.6. The Morgan fingerprint density at radius 2 is 1.85 bits per heavy atom. The SMILES string of the molecule is COc1ccc(C(=O)N/C(=C\c2cccs2)C(=O)N[C@H]2CCCc3ccccc32)cc1OC. The highest BCUT2D eigenvalue weighted by Crippen LogP contribution is 2.30. The maximum Gasteiger partial charge on any atom is 0.268 e. The van der Waals surface area contributed by atoms with E-state index in [0.717, 1.165) is 29.7 Å². The van der Waals surface area contributed by atoms with Crippen LogP contribution in [-0.2, 0) is 11.2 Å². The lowest BCUT2D eigenvalue weighted by molar-refractivity contribution is -0.118. The number of carbonyl (C=O) groups excluding carboxylic acids is 2. The van der Waals surface area contributed by atoms with Gasteiger partial charge in [0, 0.05) is 10.4 Å². The van der Waals surface area contributed by atoms with Crippen molar-refractivity contribution in [3.8, 4) is 11.5 Å². The summed E-state index contributed by atoms with van der Waals surface area (Å²) >= 11 is 1.49. The van der Waals surface area contributed by atoms with Crippen molar-refractivity contribution in [3.63, 3.8) is 0 Å². The zero-order chi connectivity index (χ0) is 23.2. The minimum atomic E-state index is -0.405. The molecule has 2 amide bonds. The number of nitrogens with one attached hydrogen (secondary N) is 2. The molecule has 0 saturated heterocycles. The molecule has 0 fully saturated rings. The zero-order valence-corrected chi connectivity index (χ0v) is 19.4. The highest BCUT2D eigenvalue weighted by molar-refractivity contribution is 7.10. The van der Waals surface area contributed by atoms with Gasteiger partial charge in [-0.3, -0.25) is 9.59 Å². The second-order valence-electron chi connectivity index (χ2n) is 7.71. The smallest absolute Gasteiger partial charge is 0.268 e. The number of hydrogen-bond acceptors (Lipinski definition) is 5. The summed E-state index contributed by atoms with van der Waals surface area (Å²) in [6, 6.07) is 16.8. The number of carbonyl (C=O) groups is 2. The number of fused-ring (bicyclic) bond motifs is 1. The quantitative estimate of drug-likeness (QED) is 0.498. The summed E-state index contributed by atoms with van der Waals surface area (Å²) < 4.78 is 10.5. The van der Waals surface area contributed by atoms with Gasteiger partial charge in [0.15, 0.2) is 11.5 Å². The molecule has 0 aliphatic heterocycles. The first-order chi connectivity index (χ1) is 16.1. The van der Waals surface area contributed by atoms with E-state index in [1.54, 1.807) is 24.3 Å². The van der Waals surface area contributed by atoms with E-state index >= 15 is 0 Å². The molecule has 0 spiro atoms. The second-order valence-corrected chi connectivity index (χ2v) is 8.69. The third-order valence-electron chi connectivity index (χ3n) is 5.64. The molecule has 2 aromatic carbocycles. The van der Waals surface area contributed by atoms with Gasteiger partial charge in [0.1, 0.15) is 5.70 Å². The van der Waals surface area contributed by atoms with Crippen LogP contribution in [0.15, 0.2) is 65.7 Å². The summed E-state index contributed by atoms with van der Waals surface area (Å²) in [6.45, 7) is 0. The van der Waals surface area contributed by atoms with Crippen LogP contribution in [0.3, 0.4) is 0 Å². The lowest BCUT2D eigenvalue weighted by atomic mass is 9.87. The van der Waals surface area contributed by atoms with E-state index in [1.807, 2.05) is 29.6 Å². The average molecular weight is 463 g/mol. The van der Waals surface area contributed by atoms with Crippen molar-refractivity contribution in [2.24, 2.45) is 0 Å². The Morgan fingerprint density at radius 1 is 1.03 bits per heavy atom. The third-order valence-corrected chi connectivity index (χ3v) is 6.46. The second kappa shape index (κ2) is 10.4. The molecule has 0 saturated carbocycles. The maximum absolute atomic E-state index is 13.3. The number of rotatable bonds is 7. The van der Waals surface area contributed by atoms with Crippen LogP contribution < -0.4 is 20.1 Å². The van der Waals surface area contributed by atoms with E-state index in [9.17, 15) is 9.59 Å². The van der Waals surface area contributed by atoms with Gasteiger partial charge in [-0.05, 0) is 66.1 Å². The Labute approximate surface area is 197 Å². The molecular formula is C26H26N2O4S. The van der Waals surface area contributed by atoms with Crippen molar-refractivity contribution in [2.45, 2.75) is 25.3 Å². The molecule has 1 aliphatic rings. The molecule has 1 aromatic heterocycles. The van der Waals surface area contributed by atoms with Crippen molar-refractivity contribution in [3.05, 3.63) is 87.2 Å². The number of methoxy groups -OCH3 is 2. The normalized spacial score (nSPS) is 15.3. The van der Waals surface area contributed by atoms with Crippen LogP contribution in [-0.4, -0.2) is 26.0 Å². The fraction of sp³-hybridized carbons (Fsp3) is 0.231. The van der Waals surface area contributed by atoms with Crippen LogP contribution in [0.5, 0.6) is 11.5 Å². The lowest BCUT2D eigenvalue weighted by Crippen LogP contribution is -2.37. The van der Waals surface area contributed by atoms with Gasteiger partial charge in [0.25, 0.3) is 11.8 Å². The number of thiophene rings is 1. The van der Waals surface area contributed by atoms with Crippen LogP contribution in [0.2, 0.25) is 0 Å². The number of aryl methyl sites for hydroxylation is 1. The van der Waals surface area contributed by atoms with Gasteiger partial charge in [0.05, 0.1) is 20.3 Å². The molecule has 1 aliphatic carbocycles. The van der Waals surface area contributed by atoms with E-state index in [1.165, 1.54) is 31.1 Å². The van der Waals surface area contributed by atoms with Gasteiger partial charge in [-0.2, -0.15) is 0 Å². The first-order valence-corrected chi connectivity index (χ1v) is 11.6. The van der Waals surface area contributed by atoms with Gasteiger partial charge in [-0.1, -0.05) is 30.3 Å². The van der Waals surface area contributed by atoms with Gasteiger partial charge in [0.2, 0.25) is 0 Å². The first-order valence-electron chi connectivity index (χ1n) is 10.8. The van der Waals surface area contributed by atoms with E-state index in [2.05, 4.69) is 22.8 Å². The minimum Gasteiger partial charge on any atom is -0.493 e. The molecule has 0 bridgehead atoms. The van der Waals surface area contributed by atoms with Crippen molar-refractivity contribution in [2.75, 3.05) is 14.2 Å². The van der Waals surface area contributed by atoms with Crippen LogP contribution >= 0.6 is 11.3 Å². The molecule has 6 nitrogen and oxygen atoms in total. The van der Waals surface area contributed by atoms with Gasteiger partial charge in [-0.15, -0.1) is 11.3 Å². The Morgan fingerprint density at radius 3 is 2.61 bits per heavy atom. The predicted octanol–water partition coefficient (Wildman–Crippen LogP) is 4.73. The van der Waals surface area contributed by atoms with Crippen LogP contribution in [0.25, 0.3) is 6.08 Å². The van der Waals surface area contributed by atoms with Gasteiger partial charge >= 0.3 is 0 Å². The summed E-state index contributed by atoms with van der Waals surface area (Å²) in [6.07, 6.45) is 4.58. The summed E-state index contributed by atoms with van der Waals surface area (Å²) in [5.41, 5.74) is 2.95. The Kier molecular flexibility index (Phi) is 7.10. The molecule has 7 heteroatoms. The Balaban J connectivity index is 1.57. The molecule has 4 rings (SSSR count). The van der Waals surface area contributed by atoms with Gasteiger partial charge in [-0.25, -0.2) is 0 Å². The fourth-order valence-corrected chi connectivity index (χ4v) is 4.64. The van der Waals surface area contributed by atoms with E-state index in [4.69, 9.17) is 9.47 Å². The molecule has 33 heavy (non-hydrogen) atoms. The summed E-state index contributed by atoms with van der Waals surface area (Å²) in [5.74, 6) is 0.242. The fourth-order valence-electron chi connectivity index (χ4n) is 3.99. The standard InChI is InChI=1S/C26H26N2O4S/c1-31-23-13-12-18(15-24(23)32-2)25(29)28-22(16-19-9-6-14-33-19)26(30)27-21-11-5-8-17-7-3-4-10-20(17)21/h3-4,6-7,9-10,12-16,21H,5,8,11H2,1-2H3,(H,27,30)(H,28,29)/b22-16-/t21-/m0/s1. The maximum atomic E-state index is 13.3. The summed E-state index contributed by atoms with van der Waals surface area (Å²) in [4.78, 5) is 27.2. The number of amides is 2. The number of ether oxygens (including phenoxy) is 2. The third kappa shape index (κ3) is 5.26. The summed E-state index contributed by atoms with van der Waals surface area (Å²) in [7, 11) is 3.05. The average Bonchev–Trinajstić information content (AvgIpc) is 3.36. The topological polar surface area (TPSA) is 76.7 Å². The van der Waals surface area contributed by atoms with Gasteiger partial charge < -0.3 is 20.1 Å². The van der Waals surface area contributed by atoms with E-state index < -0.39 is 5.91 Å². The predicted molar refractivity (Wildman–Crippen MR) is 130 cm³/mol. The molecular weight excluding hydrogens is 436 g/mol. The monoisotopic (exact) mass is 462 g/mol. The Hall–Kier alpha value is -3.58. The molecule has 0 radical (unpaired) electrons. The van der Waals surface area contributed by atoms with E-state index in [-0.39, 0.29) is 17.6 Å². The van der Waals surface area contributed by atoms with Crippen molar-refractivity contribution in [1.29, 1.82) is 0 Å². The van der Waals surface area contributed by atoms with Crippen molar-refractivity contribution < 1.29 is 19.1 Å². The highest BCUT2D eigenvalue weighted by Gasteiger charge is 2.24. The number of benzene rings is 2. The first kappa shape index (κ1) is 22.6. The van der Waals surface area contributed by atoms with Crippen LogP contribution in [0.1, 0.15) is 45.2 Å². The largest absolute Gasteiger partial charge is 0.493 e. The molecule has 1 atom stereocenters. The Bertz CT molecular complexity index is 1170. The van der Waals surface area contributed by atoms with Crippen molar-refractivity contribution >= 4 is 29.2 Å². The highest BCUT2D eigenvalue weighted by atomic mass is 32.1. The number of hydrogen-bond donors (Lipinski definition) is 2. The minimum absolute atomic E-state index is 0.0906. The van der Waals surface area contributed by atoms with Crippen LogP contribution in [0, 0.1) is 0 Å².